The minimum Gasteiger partial charge on any atom is -0.0616 e. The molecule has 32 spiro atoms. The fourth-order valence-corrected chi connectivity index (χ4v) is 80.9. The molecule has 368 valence electrons. The Balaban J connectivity index is 0.745. The van der Waals surface area contributed by atoms with Crippen molar-refractivity contribution < 1.29 is 0 Å². The molecule has 0 heterocycles. The average molecular weight is 977 g/mol. The van der Waals surface area contributed by atoms with Crippen LogP contribution in [0.25, 0.3) is 0 Å². The van der Waals surface area contributed by atoms with Crippen molar-refractivity contribution in [3.63, 3.8) is 0 Å². The van der Waals surface area contributed by atoms with Crippen LogP contribution in [0, 0.1) is 327 Å². The highest BCUT2D eigenvalue weighted by molar-refractivity contribution is 6.37. The number of fused-ring (bicyclic) bond motifs is 20. The topological polar surface area (TPSA) is 0 Å². The normalized spacial score (nSPS) is 133. The minimum atomic E-state index is 0.434. The summed E-state index contributed by atoms with van der Waals surface area (Å²) in [6, 6.07) is 0. The van der Waals surface area contributed by atoms with E-state index in [9.17, 15) is 0 Å². The molecule has 0 nitrogen and oxygen atoms in total. The van der Waals surface area contributed by atoms with Gasteiger partial charge in [0.15, 0.2) is 0 Å². The Morgan fingerprint density at radius 3 is 0.987 bits per heavy atom. The van der Waals surface area contributed by atoms with Crippen molar-refractivity contribution in [3.8, 4) is 0 Å². The molecule has 0 radical (unpaired) electrons. The van der Waals surface area contributed by atoms with Crippen LogP contribution in [0.15, 0.2) is 0 Å². The molecular weight excluding hydrogens is 913 g/mol. The van der Waals surface area contributed by atoms with Gasteiger partial charge < -0.3 is 0 Å². The van der Waals surface area contributed by atoms with Gasteiger partial charge in [0.2, 0.25) is 0 Å². The Labute approximate surface area is 441 Å². The number of hydrogen-bond acceptors (Lipinski definition) is 0. The van der Waals surface area contributed by atoms with Gasteiger partial charge in [0.1, 0.15) is 0 Å². The van der Waals surface area contributed by atoms with Crippen molar-refractivity contribution >= 4 is 0 Å². The van der Waals surface area contributed by atoms with E-state index in [-0.39, 0.29) is 0 Å². The van der Waals surface area contributed by atoms with Crippen LogP contribution in [0.3, 0.4) is 0 Å². The maximum absolute atomic E-state index is 3.44. The Kier molecular flexibility index (Phi) is 1.64. The van der Waals surface area contributed by atoms with Crippen molar-refractivity contribution in [2.45, 2.75) is 117 Å². The van der Waals surface area contributed by atoms with Gasteiger partial charge in [-0.25, -0.2) is 0 Å². The lowest BCUT2D eigenvalue weighted by molar-refractivity contribution is -1.26. The average Bonchev–Trinajstić information content (AvgIpc) is 0.412. The molecule has 0 saturated heterocycles. The Hall–Kier alpha value is 0. The molecule has 0 aromatic heterocycles. The molecule has 45 aliphatic carbocycles. The quantitative estimate of drug-likeness (QED) is 0.227. The second-order valence-corrected chi connectivity index (χ2v) is 48.3. The first-order valence-corrected chi connectivity index (χ1v) is 36.0. The molecule has 45 aliphatic rings. The monoisotopic (exact) mass is 977 g/mol. The van der Waals surface area contributed by atoms with Crippen LogP contribution in [0.1, 0.15) is 117 Å². The highest BCUT2D eigenvalue weighted by Gasteiger charge is 3.79. The molecule has 76 heavy (non-hydrogen) atoms. The lowest BCUT2D eigenvalue weighted by Gasteiger charge is -3.75. The zero-order chi connectivity index (χ0) is 47.3. The Morgan fingerprint density at radius 2 is 0.487 bits per heavy atom. The van der Waals surface area contributed by atoms with Crippen LogP contribution < -0.4 is 0 Å². The molecule has 0 amide bonds. The lowest BCUT2D eigenvalue weighted by atomic mass is 8.27. The van der Waals surface area contributed by atoms with Crippen LogP contribution >= 0.6 is 0 Å². The third-order valence-corrected chi connectivity index (χ3v) is 65.5. The molecule has 0 aliphatic heterocycles. The summed E-state index contributed by atoms with van der Waals surface area (Å²) in [5.74, 6) is 17.7. The zero-order valence-corrected chi connectivity index (χ0v) is 47.3. The van der Waals surface area contributed by atoms with Crippen molar-refractivity contribution in [2.75, 3.05) is 0 Å². The number of rotatable bonds is 0. The van der Waals surface area contributed by atoms with E-state index in [0.717, 1.165) is 180 Å². The van der Waals surface area contributed by atoms with Gasteiger partial charge in [-0.15, -0.1) is 0 Å². The molecule has 0 aromatic carbocycles. The predicted octanol–water partition coefficient (Wildman–Crippen LogP) is 10.6. The van der Waals surface area contributed by atoms with Gasteiger partial charge in [-0.3, -0.25) is 0 Å². The third kappa shape index (κ3) is 0.586. The summed E-state index contributed by atoms with van der Waals surface area (Å²) in [5, 5.41) is 0. The second-order valence-electron chi connectivity index (χ2n) is 48.3. The van der Waals surface area contributed by atoms with Crippen molar-refractivity contribution in [1.29, 1.82) is 0 Å². The molecule has 45 rings (SSSR count). The minimum absolute atomic E-state index is 0.434. The summed E-state index contributed by atoms with van der Waals surface area (Å²) in [5.41, 5.74) is 36.8. The van der Waals surface area contributed by atoms with Gasteiger partial charge in [-0.2, -0.15) is 0 Å². The molecule has 58 atom stereocenters. The SMILES string of the molecule is CC1[C@H]2[C@H]3[C@H]4[C@H]5[C@H]6[C@H]7[C@H]8C9C[C@H]%10[C@H]%11[C@H]%12[C@H]%13[C@@H](C)C%14(C)C%13%15C%12%13C%11%12C9%10[C@@]89[C@@]78[C@@]67C56C5%10C%11%16C%17%18C(C)([C@@]%19(C)[C@@]%20(C)[C@@]%21(C)C(C)(C)[C@]%22(C)C%23(C)[C@]%24(C)C1(C)[C@]21[C@]32[C@@]46[C@@]53[C@@]%114[C@]%17%19[C@@]%205[C@@]46[C@@]%23([C@]%241[C@@]236)[C@@]%22%215)[C@]1(C)[C@]2(C)[C@@]%14(C)[C@]%153[C@]%134[C@@]%129[C@@]85[C@@]%107[C@]%166[C@@]%181[C@]23[C@@]645. The van der Waals surface area contributed by atoms with E-state index in [1.54, 1.807) is 0 Å². The fourth-order valence-electron chi connectivity index (χ4n) is 80.9. The van der Waals surface area contributed by atoms with Crippen LogP contribution in [-0.4, -0.2) is 0 Å². The second kappa shape index (κ2) is 4.19. The van der Waals surface area contributed by atoms with E-state index in [4.69, 9.17) is 0 Å². The van der Waals surface area contributed by atoms with Crippen LogP contribution in [0.5, 0.6) is 0 Å². The molecule has 0 aromatic rings. The lowest BCUT2D eigenvalue weighted by Crippen LogP contribution is -3.73. The van der Waals surface area contributed by atoms with E-state index in [2.05, 4.69) is 111 Å². The predicted molar refractivity (Wildman–Crippen MR) is 256 cm³/mol. The summed E-state index contributed by atoms with van der Waals surface area (Å²) in [7, 11) is 0. The van der Waals surface area contributed by atoms with Gasteiger partial charge in [0, 0.05) is 0 Å². The van der Waals surface area contributed by atoms with E-state index in [1.807, 2.05) is 6.42 Å². The van der Waals surface area contributed by atoms with Crippen molar-refractivity contribution in [3.05, 3.63) is 16.2 Å². The van der Waals surface area contributed by atoms with Gasteiger partial charge in [0.25, 0.3) is 0 Å². The molecule has 45 fully saturated rings. The van der Waals surface area contributed by atoms with Gasteiger partial charge in [-0.1, -0.05) is 111 Å². The maximum Gasteiger partial charge on any atom is -0.0000484 e. The molecule has 0 N–H and O–H groups in total. The van der Waals surface area contributed by atoms with Crippen LogP contribution in [0.2, 0.25) is 0 Å². The smallest absolute Gasteiger partial charge is 0.0000484 e. The first-order chi connectivity index (χ1) is 36.0. The first-order valence-electron chi connectivity index (χ1n) is 36.0. The van der Waals surface area contributed by atoms with E-state index >= 15 is 0 Å². The summed E-state index contributed by atoms with van der Waals surface area (Å²) in [6.45, 7) is 52.1. The van der Waals surface area contributed by atoms with E-state index < -0.39 is 0 Å². The number of hydrogen-bond donors (Lipinski definition) is 0. The molecule has 45 saturated carbocycles. The largest absolute Gasteiger partial charge is 0.0616 e. The fraction of sp³-hybridized carbons (Fsp3) is 1.00. The first kappa shape index (κ1) is 29.7. The van der Waals surface area contributed by atoms with E-state index in [1.165, 1.54) is 71.0 Å². The van der Waals surface area contributed by atoms with Crippen molar-refractivity contribution in [2.24, 2.45) is 310 Å². The van der Waals surface area contributed by atoms with Crippen LogP contribution in [0.4, 0.5) is 0 Å². The molecule has 14 unspecified atom stereocenters. The zero-order valence-electron chi connectivity index (χ0n) is 47.3. The molecule has 0 heteroatoms. The highest BCUT2D eigenvalue weighted by Crippen LogP contribution is 3.80. The summed E-state index contributed by atoms with van der Waals surface area (Å²) in [4.78, 5) is 0. The Bertz CT molecular complexity index is 5190. The standard InChI is InChI=1S/C76H64/c1-18-22-26-24-20-17-21-25-28-30-31-29-27-23-19(2)33(5)37(9)39(11)35(7)32(3,4)36(8)40(12)42(14)44(16)43(15)41(13)38(10)34(18,6)46(22)50(26)48(24)45(20,21)49(25)52(28)54(30)55(31)53(29)51(27)47(23,33)57(37)59(39)56(35,36)60(40)62(42)64(44)63(43)61(41)58(38,46)66(50)65(48,49)68(52)70(54)71(55)69(53)67(51,57)72(59,60)74(62,69)76(64,71)75(63,70)73(61,66)68/h18-31H,17H2,1-16H3/t18-,19?,20+,21?,22-,23+,24+,25-,26-,27+,28-,29+,30-,31+,33?,34?,35-,36-,37+,38+,39?,40-,41+,42-,43+,44?,45?,46?,47+,48?,49-,50?,51+,52-,53+,54-,55?,56-,57+,58+,59-,60-,61+,62-,63+,64?,65-,66+,67+,68-,69+,70-,71?,72-,73-,74-,75+,76?/m1/s1. The third-order valence-electron chi connectivity index (χ3n) is 65.5. The van der Waals surface area contributed by atoms with Crippen molar-refractivity contribution in [1.82, 2.24) is 0 Å². The van der Waals surface area contributed by atoms with Crippen LogP contribution in [-0.2, 0) is 0 Å². The van der Waals surface area contributed by atoms with Gasteiger partial charge in [-0.05, 0) is 333 Å². The van der Waals surface area contributed by atoms with Gasteiger partial charge in [0.05, 0.1) is 0 Å². The van der Waals surface area contributed by atoms with E-state index in [0.29, 0.717) is 75.8 Å². The van der Waals surface area contributed by atoms with Gasteiger partial charge >= 0.3 is 0 Å². The summed E-state index contributed by atoms with van der Waals surface area (Å²) >= 11 is 0. The Morgan fingerprint density at radius 1 is 0.211 bits per heavy atom. The summed E-state index contributed by atoms with van der Waals surface area (Å²) in [6.07, 6.45) is 1.82. The highest BCUT2D eigenvalue weighted by atomic mass is 15.8. The molecular formula is C76H64. The summed E-state index contributed by atoms with van der Waals surface area (Å²) < 4.78 is 0. The molecule has 0 bridgehead atoms. The maximum atomic E-state index is 3.44.